The highest BCUT2D eigenvalue weighted by molar-refractivity contribution is 7.30. The summed E-state index contributed by atoms with van der Waals surface area (Å²) < 4.78 is 53.6. The molecule has 1 saturated heterocycles. The number of alkyl halides is 1. The molecule has 14 nitrogen and oxygen atoms in total. The molecule has 0 bridgehead atoms. The van der Waals surface area contributed by atoms with Crippen molar-refractivity contribution in [2.45, 2.75) is 95.7 Å². The number of hydrogen-bond acceptors (Lipinski definition) is 10. The van der Waals surface area contributed by atoms with E-state index in [-0.39, 0.29) is 35.7 Å². The standard InChI is InChI=1S/C35H32FN4O8P.2C4H11N/c1-45-26-16-14-25(15-17-26)35(23-10-4-2-5-11-23,24-12-6-3-7-13-24)46-20-27-30(48-49(43)44)29(36)33(47-27)40-19-22-9-8-18-39(34(41)42)31-28(22)32(40)38-21-37-31;2*1-4(2,3)5/h2-7,10-17,19,21,27,29-30,33H,8-9,18,20H2,1H3,(H,41,42);2*5H2,1-3H3/p+1/t27-,29-,30-,33-;;/m1../s1. The van der Waals surface area contributed by atoms with Crippen LogP contribution in [0, 0.1) is 0 Å². The zero-order valence-corrected chi connectivity index (χ0v) is 35.6. The number of ether oxygens (including phenoxy) is 3. The second-order valence-electron chi connectivity index (χ2n) is 16.9. The summed E-state index contributed by atoms with van der Waals surface area (Å²) in [6, 6.07) is 26.4. The SMILES string of the molecule is CC(C)(C)[NH3+].CC(C)(C)[NH3+].COc1ccc(C(OC[C@H]2O[C@@H](n3cc4c5c(ncnc53)N(C(=O)[O-])CCC4)[C@H](F)[C@@H]2O[P+](=O)[O-])(c2ccccc2)c2ccccc2)cc1. The Morgan fingerprint density at radius 2 is 1.46 bits per heavy atom. The van der Waals surface area contributed by atoms with Gasteiger partial charge in [0.25, 0.3) is 0 Å². The molecule has 3 aromatic carbocycles. The molecule has 0 radical (unpaired) electrons. The topological polar surface area (TPSA) is 206 Å². The zero-order valence-electron chi connectivity index (χ0n) is 34.7. The van der Waals surface area contributed by atoms with E-state index in [1.807, 2.05) is 84.9 Å². The van der Waals surface area contributed by atoms with Crippen molar-refractivity contribution in [2.24, 2.45) is 0 Å². The molecule has 6 N–H and O–H groups in total. The average molecular weight is 834 g/mol. The lowest BCUT2D eigenvalue weighted by atomic mass is 9.80. The first-order valence-electron chi connectivity index (χ1n) is 19.4. The van der Waals surface area contributed by atoms with Crippen molar-refractivity contribution in [3.05, 3.63) is 120 Å². The largest absolute Gasteiger partial charge is 0.566 e. The van der Waals surface area contributed by atoms with Crippen LogP contribution in [0.2, 0.25) is 0 Å². The van der Waals surface area contributed by atoms with Crippen LogP contribution in [-0.2, 0) is 30.6 Å². The molecule has 5 aromatic rings. The van der Waals surface area contributed by atoms with Crippen molar-refractivity contribution in [1.29, 1.82) is 0 Å². The number of carbonyl (C=O) groups is 1. The maximum atomic E-state index is 16.5. The maximum Gasteiger partial charge on any atom is 0.488 e. The molecule has 1 unspecified atom stereocenters. The molecule has 0 aliphatic carbocycles. The normalized spacial score (nSPS) is 19.5. The highest BCUT2D eigenvalue weighted by atomic mass is 31.1. The quantitative estimate of drug-likeness (QED) is 0.151. The van der Waals surface area contributed by atoms with Gasteiger partial charge in [-0.25, -0.2) is 14.4 Å². The molecule has 0 saturated carbocycles. The number of rotatable bonds is 10. The van der Waals surface area contributed by atoms with E-state index in [1.54, 1.807) is 13.3 Å². The van der Waals surface area contributed by atoms with Gasteiger partial charge in [-0.3, -0.25) is 0 Å². The fraction of sp³-hybridized carbons (Fsp3) is 0.419. The van der Waals surface area contributed by atoms with E-state index < -0.39 is 44.6 Å². The predicted molar refractivity (Wildman–Crippen MR) is 217 cm³/mol. The summed E-state index contributed by atoms with van der Waals surface area (Å²) in [6.07, 6.45) is -3.77. The van der Waals surface area contributed by atoms with E-state index in [9.17, 15) is 19.4 Å². The van der Waals surface area contributed by atoms with E-state index in [1.165, 1.54) is 10.9 Å². The van der Waals surface area contributed by atoms with Crippen LogP contribution in [0.15, 0.2) is 97.5 Å². The predicted octanol–water partition coefficient (Wildman–Crippen LogP) is 4.24. The van der Waals surface area contributed by atoms with Crippen LogP contribution < -0.4 is 31.1 Å². The lowest BCUT2D eigenvalue weighted by Crippen LogP contribution is -2.67. The van der Waals surface area contributed by atoms with Crippen molar-refractivity contribution < 1.29 is 54.0 Å². The number of aromatic nitrogens is 3. The maximum absolute atomic E-state index is 16.5. The summed E-state index contributed by atoms with van der Waals surface area (Å²) in [5.74, 6) is 0.774. The molecular weight excluding hydrogens is 778 g/mol. The van der Waals surface area contributed by atoms with Crippen molar-refractivity contribution >= 4 is 31.2 Å². The summed E-state index contributed by atoms with van der Waals surface area (Å²) in [5.41, 5.74) is 10.00. The molecule has 4 heterocycles. The summed E-state index contributed by atoms with van der Waals surface area (Å²) in [6.45, 7) is 12.4. The Kier molecular flexibility index (Phi) is 14.6. The van der Waals surface area contributed by atoms with Gasteiger partial charge in [-0.2, -0.15) is 0 Å². The Morgan fingerprint density at radius 3 is 1.97 bits per heavy atom. The Labute approximate surface area is 345 Å². The van der Waals surface area contributed by atoms with E-state index in [2.05, 4.69) is 63.0 Å². The van der Waals surface area contributed by atoms with E-state index in [0.717, 1.165) is 21.6 Å². The van der Waals surface area contributed by atoms with Gasteiger partial charge in [0, 0.05) is 12.7 Å². The molecule has 5 atom stereocenters. The van der Waals surface area contributed by atoms with Gasteiger partial charge in [0.2, 0.25) is 0 Å². The number of aryl methyl sites for hydroxylation is 1. The summed E-state index contributed by atoms with van der Waals surface area (Å²) in [7, 11) is -1.90. The van der Waals surface area contributed by atoms with Crippen molar-refractivity contribution in [1.82, 2.24) is 14.5 Å². The second-order valence-corrected chi connectivity index (χ2v) is 17.5. The molecule has 316 valence electrons. The fourth-order valence-corrected chi connectivity index (χ4v) is 7.30. The molecule has 2 aliphatic heterocycles. The van der Waals surface area contributed by atoms with Crippen LogP contribution in [0.4, 0.5) is 15.0 Å². The molecular formula is C43H55FN6O8P+. The van der Waals surface area contributed by atoms with Crippen LogP contribution in [0.3, 0.4) is 0 Å². The van der Waals surface area contributed by atoms with Crippen molar-refractivity contribution in [3.63, 3.8) is 0 Å². The average Bonchev–Trinajstić information content (AvgIpc) is 3.61. The van der Waals surface area contributed by atoms with Gasteiger partial charge in [-0.1, -0.05) is 72.8 Å². The van der Waals surface area contributed by atoms with Crippen molar-refractivity contribution in [2.75, 3.05) is 25.2 Å². The highest BCUT2D eigenvalue weighted by Gasteiger charge is 2.52. The van der Waals surface area contributed by atoms with Gasteiger partial charge in [-0.05, 0) is 93.3 Å². The number of methoxy groups -OCH3 is 1. The Bertz CT molecular complexity index is 2100. The Morgan fingerprint density at radius 1 is 0.915 bits per heavy atom. The third-order valence-electron chi connectivity index (χ3n) is 9.04. The van der Waals surface area contributed by atoms with Gasteiger partial charge in [0.05, 0.1) is 30.2 Å². The van der Waals surface area contributed by atoms with Gasteiger partial charge in [0.1, 0.15) is 41.3 Å². The van der Waals surface area contributed by atoms with E-state index in [0.29, 0.717) is 29.5 Å². The second kappa shape index (κ2) is 19.0. The molecule has 1 amide bonds. The van der Waals surface area contributed by atoms with Gasteiger partial charge in [0.15, 0.2) is 18.5 Å². The number of carbonyl (C=O) groups excluding carboxylic acids is 1. The number of carboxylic acid groups (broad SMARTS) is 1. The van der Waals surface area contributed by atoms with Crippen LogP contribution in [-0.4, -0.2) is 70.3 Å². The Hall–Kier alpha value is -4.86. The molecule has 7 rings (SSSR count). The zero-order chi connectivity index (χ0) is 43.1. The van der Waals surface area contributed by atoms with Gasteiger partial charge in [-0.15, -0.1) is 4.52 Å². The molecule has 0 spiro atoms. The number of amides is 1. The monoisotopic (exact) mass is 833 g/mol. The summed E-state index contributed by atoms with van der Waals surface area (Å²) in [4.78, 5) is 33.4. The molecule has 2 aliphatic rings. The number of benzene rings is 3. The van der Waals surface area contributed by atoms with Gasteiger partial charge >= 0.3 is 8.25 Å². The third kappa shape index (κ3) is 11.3. The number of quaternary nitrogens is 2. The van der Waals surface area contributed by atoms with E-state index >= 15 is 4.39 Å². The highest BCUT2D eigenvalue weighted by Crippen LogP contribution is 2.45. The van der Waals surface area contributed by atoms with E-state index in [4.69, 9.17) is 18.7 Å². The first-order valence-corrected chi connectivity index (χ1v) is 20.4. The first kappa shape index (κ1) is 45.2. The van der Waals surface area contributed by atoms with Crippen molar-refractivity contribution in [3.8, 4) is 5.75 Å². The van der Waals surface area contributed by atoms with Crippen LogP contribution in [0.1, 0.15) is 76.4 Å². The van der Waals surface area contributed by atoms with Crippen LogP contribution >= 0.6 is 8.25 Å². The fourth-order valence-electron chi connectivity index (χ4n) is 6.85. The smallest absolute Gasteiger partial charge is 0.488 e. The summed E-state index contributed by atoms with van der Waals surface area (Å²) >= 11 is 0. The minimum Gasteiger partial charge on any atom is -0.566 e. The van der Waals surface area contributed by atoms with Crippen LogP contribution in [0.25, 0.3) is 11.0 Å². The first-order chi connectivity index (χ1) is 27.8. The lowest BCUT2D eigenvalue weighted by Gasteiger charge is -2.37. The number of hydrogen-bond donors (Lipinski definition) is 2. The Balaban J connectivity index is 0.000000593. The van der Waals surface area contributed by atoms with Crippen LogP contribution in [0.5, 0.6) is 5.75 Å². The molecule has 1 fully saturated rings. The molecule has 59 heavy (non-hydrogen) atoms. The number of nitrogens with zero attached hydrogens (tertiary/aromatic N) is 4. The third-order valence-corrected chi connectivity index (χ3v) is 9.46. The van der Waals surface area contributed by atoms with Gasteiger partial charge < -0.3 is 49.9 Å². The molecule has 16 heteroatoms. The molecule has 2 aromatic heterocycles. The summed E-state index contributed by atoms with van der Waals surface area (Å²) in [5, 5.41) is 12.4. The lowest BCUT2D eigenvalue weighted by molar-refractivity contribution is -0.459. The number of halogens is 1. The number of anilines is 1. The minimum atomic E-state index is -3.48. The minimum absolute atomic E-state index is 0.134.